The van der Waals surface area contributed by atoms with E-state index in [0.717, 1.165) is 6.47 Å². The molecule has 0 amide bonds. The summed E-state index contributed by atoms with van der Waals surface area (Å²) in [6.45, 7) is 6.09. The van der Waals surface area contributed by atoms with Crippen molar-refractivity contribution in [3.63, 3.8) is 0 Å². The molecule has 0 atom stereocenters. The van der Waals surface area contributed by atoms with Gasteiger partial charge < -0.3 is 16.6 Å². The van der Waals surface area contributed by atoms with E-state index >= 15 is 0 Å². The molecule has 0 aliphatic heterocycles. The normalized spacial score (nSPS) is 7.00. The average Bonchev–Trinajstić information content (AvgIpc) is 2.24. The van der Waals surface area contributed by atoms with Gasteiger partial charge in [-0.2, -0.15) is 43.3 Å². The van der Waals surface area contributed by atoms with Crippen LogP contribution in [0.3, 0.4) is 0 Å². The maximum absolute atomic E-state index is 9.13. The summed E-state index contributed by atoms with van der Waals surface area (Å²) in [6, 6.07) is 12.5. The predicted molar refractivity (Wildman–Crippen MR) is 62.9 cm³/mol. The molecule has 0 aliphatic carbocycles. The number of thiol groups is 2. The second kappa shape index (κ2) is 19.5. The molecule has 0 bridgehead atoms. The molecule has 1 aromatic rings. The number of nitrogens with zero attached hydrogens (tertiary/aromatic N) is 1. The quantitative estimate of drug-likeness (QED) is 0.380. The van der Waals surface area contributed by atoms with E-state index in [1.54, 1.807) is 6.92 Å². The summed E-state index contributed by atoms with van der Waals surface area (Å²) >= 11 is 6.78. The van der Waals surface area contributed by atoms with Crippen molar-refractivity contribution in [2.24, 2.45) is 0 Å². The molecule has 0 aliphatic rings. The van der Waals surface area contributed by atoms with Crippen LogP contribution in [0.25, 0.3) is 0 Å². The van der Waals surface area contributed by atoms with E-state index in [0.29, 0.717) is 3.87 Å². The molecule has 1 aromatic carbocycles. The molecule has 0 saturated heterocycles. The summed E-state index contributed by atoms with van der Waals surface area (Å²) in [5.41, 5.74) is 0. The molecule has 3 nitrogen and oxygen atoms in total. The Labute approximate surface area is 115 Å². The minimum atomic E-state index is 0. The SMILES string of the molecule is O=[C-]ON(S)S.[CH2-]C.[Zn].[c-]1ccccc1. The number of carbonyl (C=O) groups excluding carboxylic acids is 1. The molecular formula is C9H12NO2S2Zn-3. The van der Waals surface area contributed by atoms with Crippen molar-refractivity contribution >= 4 is 32.1 Å². The van der Waals surface area contributed by atoms with Gasteiger partial charge in [-0.25, -0.2) is 0 Å². The standard InChI is InChI=1S/C6H5.C2H5.CH2NO2S2.Zn/c1-2-4-6-5-3-1;1-2;3-1-4-2(5)6;/h1-5H;1H2,2H3;5-6H;/q3*-1;. The van der Waals surface area contributed by atoms with Crippen LogP contribution < -0.4 is 0 Å². The van der Waals surface area contributed by atoms with Crippen LogP contribution in [0.15, 0.2) is 30.3 Å². The van der Waals surface area contributed by atoms with Gasteiger partial charge in [0.1, 0.15) is 0 Å². The van der Waals surface area contributed by atoms with Crippen molar-refractivity contribution in [3.05, 3.63) is 43.3 Å². The first-order chi connectivity index (χ1) is 6.77. The van der Waals surface area contributed by atoms with Crippen LogP contribution in [0.4, 0.5) is 0 Å². The van der Waals surface area contributed by atoms with Gasteiger partial charge in [0, 0.05) is 19.5 Å². The summed E-state index contributed by atoms with van der Waals surface area (Å²) in [5, 5.41) is 0. The average molecular weight is 296 g/mol. The first-order valence-electron chi connectivity index (χ1n) is 3.61. The molecule has 0 aromatic heterocycles. The van der Waals surface area contributed by atoms with E-state index in [4.69, 9.17) is 4.79 Å². The predicted octanol–water partition coefficient (Wildman–Crippen LogP) is 2.30. The molecular weight excluding hydrogens is 284 g/mol. The van der Waals surface area contributed by atoms with E-state index < -0.39 is 0 Å². The summed E-state index contributed by atoms with van der Waals surface area (Å²) < 4.78 is 0.646. The van der Waals surface area contributed by atoms with Gasteiger partial charge in [0.05, 0.1) is 0 Å². The van der Waals surface area contributed by atoms with Crippen LogP contribution in [0.2, 0.25) is 0 Å². The number of hydrogen-bond donors (Lipinski definition) is 2. The third kappa shape index (κ3) is 24.9. The molecule has 0 unspecified atom stereocenters. The summed E-state index contributed by atoms with van der Waals surface area (Å²) in [7, 11) is 0. The molecule has 0 saturated carbocycles. The van der Waals surface area contributed by atoms with Gasteiger partial charge in [-0.3, -0.25) is 0 Å². The molecule has 1 rings (SSSR count). The molecule has 0 fully saturated rings. The van der Waals surface area contributed by atoms with E-state index in [-0.39, 0.29) is 19.5 Å². The van der Waals surface area contributed by atoms with Crippen molar-refractivity contribution in [2.75, 3.05) is 0 Å². The fraction of sp³-hybridized carbons (Fsp3) is 0.111. The Morgan fingerprint density at radius 3 is 1.80 bits per heavy atom. The van der Waals surface area contributed by atoms with Gasteiger partial charge in [0.2, 0.25) is 0 Å². The maximum atomic E-state index is 9.13. The number of benzene rings is 1. The van der Waals surface area contributed by atoms with Crippen molar-refractivity contribution < 1.29 is 29.1 Å². The summed E-state index contributed by atoms with van der Waals surface area (Å²) in [5.74, 6) is 0. The zero-order valence-corrected chi connectivity index (χ0v) is 13.2. The van der Waals surface area contributed by atoms with Gasteiger partial charge in [-0.1, -0.05) is 3.87 Å². The first-order valence-corrected chi connectivity index (χ1v) is 4.41. The van der Waals surface area contributed by atoms with Gasteiger partial charge in [0.25, 0.3) is 0 Å². The Morgan fingerprint density at radius 1 is 1.27 bits per heavy atom. The van der Waals surface area contributed by atoms with Gasteiger partial charge in [-0.15, -0.1) is 0 Å². The Kier molecular flexibility index (Phi) is 26.6. The van der Waals surface area contributed by atoms with Crippen molar-refractivity contribution in [1.29, 1.82) is 0 Å². The Hall–Kier alpha value is -0.0266. The summed E-state index contributed by atoms with van der Waals surface area (Å²) in [6.07, 6.45) is 0. The fourth-order valence-corrected chi connectivity index (χ4v) is 0.442. The van der Waals surface area contributed by atoms with Crippen LogP contribution >= 0.6 is 25.6 Å². The van der Waals surface area contributed by atoms with E-state index in [2.05, 4.69) is 43.5 Å². The van der Waals surface area contributed by atoms with E-state index in [1.807, 2.05) is 30.3 Å². The number of rotatable bonds is 2. The topological polar surface area (TPSA) is 29.5 Å². The monoisotopic (exact) mass is 294 g/mol. The van der Waals surface area contributed by atoms with E-state index in [1.165, 1.54) is 0 Å². The second-order valence-corrected chi connectivity index (χ2v) is 2.55. The fourth-order valence-electron chi connectivity index (χ4n) is 0.375. The largest absolute Gasteiger partial charge is 0.553 e. The summed E-state index contributed by atoms with van der Waals surface area (Å²) in [4.78, 5) is 12.9. The van der Waals surface area contributed by atoms with Gasteiger partial charge >= 0.3 is 0 Å². The maximum Gasteiger partial charge on any atom is 0 e. The molecule has 0 spiro atoms. The Balaban J connectivity index is -0.000000156. The smallest absolute Gasteiger partial charge is 0 e. The minimum absolute atomic E-state index is 0. The first kappa shape index (κ1) is 20.4. The molecule has 15 heavy (non-hydrogen) atoms. The number of hydrogen-bond acceptors (Lipinski definition) is 5. The molecule has 6 heteroatoms. The molecule has 0 radical (unpaired) electrons. The zero-order valence-electron chi connectivity index (χ0n) is 8.46. The second-order valence-electron chi connectivity index (χ2n) is 1.50. The zero-order chi connectivity index (χ0) is 11.2. The molecule has 0 N–H and O–H groups in total. The Bertz CT molecular complexity index is 174. The Morgan fingerprint density at radius 2 is 1.73 bits per heavy atom. The van der Waals surface area contributed by atoms with Crippen molar-refractivity contribution in [1.82, 2.24) is 3.87 Å². The van der Waals surface area contributed by atoms with Crippen LogP contribution in [0.5, 0.6) is 0 Å². The van der Waals surface area contributed by atoms with Gasteiger partial charge in [-0.05, 0) is 32.1 Å². The minimum Gasteiger partial charge on any atom is -0.553 e. The van der Waals surface area contributed by atoms with Crippen molar-refractivity contribution in [2.45, 2.75) is 6.92 Å². The van der Waals surface area contributed by atoms with E-state index in [9.17, 15) is 0 Å². The molecule has 0 heterocycles. The van der Waals surface area contributed by atoms with Gasteiger partial charge in [0.15, 0.2) is 0 Å². The van der Waals surface area contributed by atoms with Crippen molar-refractivity contribution in [3.8, 4) is 0 Å². The van der Waals surface area contributed by atoms with Crippen LogP contribution in [0.1, 0.15) is 6.92 Å². The van der Waals surface area contributed by atoms with Crippen LogP contribution in [-0.4, -0.2) is 10.3 Å². The van der Waals surface area contributed by atoms with Crippen LogP contribution in [0, 0.1) is 13.0 Å². The van der Waals surface area contributed by atoms with Crippen LogP contribution in [-0.2, 0) is 29.1 Å². The third-order valence-corrected chi connectivity index (χ3v) is 0.889. The molecule has 82 valence electrons. The third-order valence-electron chi connectivity index (χ3n) is 0.726.